The Labute approximate surface area is 129 Å². The molecule has 0 aliphatic heterocycles. The average molecular weight is 400 g/mol. The number of aliphatic imine (C=N–C) groups is 1. The van der Waals surface area contributed by atoms with Crippen molar-refractivity contribution in [2.24, 2.45) is 10.7 Å². The quantitative estimate of drug-likeness (QED) is 0.454. The highest BCUT2D eigenvalue weighted by Gasteiger charge is 2.31. The van der Waals surface area contributed by atoms with Crippen LogP contribution in [-0.2, 0) is 12.7 Å². The fourth-order valence-corrected chi connectivity index (χ4v) is 1.48. The summed E-state index contributed by atoms with van der Waals surface area (Å²) in [6.07, 6.45) is -3.46. The number of rotatable bonds is 2. The van der Waals surface area contributed by atoms with Crippen LogP contribution in [0.2, 0.25) is 0 Å². The van der Waals surface area contributed by atoms with Gasteiger partial charge >= 0.3 is 6.18 Å². The summed E-state index contributed by atoms with van der Waals surface area (Å²) < 4.78 is 39.1. The molecule has 2 heterocycles. The van der Waals surface area contributed by atoms with Gasteiger partial charge in [0.2, 0.25) is 0 Å². The van der Waals surface area contributed by atoms with Crippen molar-refractivity contribution in [3.05, 3.63) is 29.7 Å². The number of nitrogens with zero attached hydrogens (tertiary/aromatic N) is 4. The highest BCUT2D eigenvalue weighted by atomic mass is 127. The SMILES string of the molecule is CN=C(N)NCc1nnc2ccc(C(F)(F)F)cn12.I. The van der Waals surface area contributed by atoms with E-state index in [0.717, 1.165) is 12.3 Å². The summed E-state index contributed by atoms with van der Waals surface area (Å²) in [4.78, 5) is 3.67. The molecule has 2 aromatic heterocycles. The molecule has 0 aliphatic carbocycles. The van der Waals surface area contributed by atoms with Gasteiger partial charge in [-0.1, -0.05) is 0 Å². The maximum Gasteiger partial charge on any atom is 0.417 e. The number of aromatic nitrogens is 3. The van der Waals surface area contributed by atoms with Gasteiger partial charge in [0.25, 0.3) is 0 Å². The smallest absolute Gasteiger partial charge is 0.370 e. The first-order valence-electron chi connectivity index (χ1n) is 5.29. The number of guanidine groups is 1. The fourth-order valence-electron chi connectivity index (χ4n) is 1.48. The van der Waals surface area contributed by atoms with E-state index >= 15 is 0 Å². The molecule has 2 aromatic rings. The van der Waals surface area contributed by atoms with Crippen LogP contribution >= 0.6 is 24.0 Å². The summed E-state index contributed by atoms with van der Waals surface area (Å²) in [6, 6.07) is 2.22. The van der Waals surface area contributed by atoms with Gasteiger partial charge < -0.3 is 11.1 Å². The second kappa shape index (κ2) is 6.24. The second-order valence-corrected chi connectivity index (χ2v) is 3.72. The molecule has 0 unspecified atom stereocenters. The topological polar surface area (TPSA) is 80.6 Å². The molecule has 3 N–H and O–H groups in total. The van der Waals surface area contributed by atoms with E-state index in [4.69, 9.17) is 5.73 Å². The number of fused-ring (bicyclic) bond motifs is 1. The lowest BCUT2D eigenvalue weighted by molar-refractivity contribution is -0.137. The third kappa shape index (κ3) is 3.49. The molecule has 0 fully saturated rings. The van der Waals surface area contributed by atoms with Gasteiger partial charge in [-0.2, -0.15) is 13.2 Å². The minimum absolute atomic E-state index is 0. The van der Waals surface area contributed by atoms with Crippen LogP contribution in [0.1, 0.15) is 11.4 Å². The maximum atomic E-state index is 12.6. The molecule has 0 aromatic carbocycles. The van der Waals surface area contributed by atoms with Gasteiger partial charge in [-0.15, -0.1) is 34.2 Å². The predicted molar refractivity (Wildman–Crippen MR) is 77.8 cm³/mol. The second-order valence-electron chi connectivity index (χ2n) is 3.72. The van der Waals surface area contributed by atoms with Gasteiger partial charge in [-0.3, -0.25) is 9.39 Å². The van der Waals surface area contributed by atoms with Crippen LogP contribution in [0.5, 0.6) is 0 Å². The maximum absolute atomic E-state index is 12.6. The summed E-state index contributed by atoms with van der Waals surface area (Å²) in [7, 11) is 1.49. The molecule has 0 spiro atoms. The molecule has 2 rings (SSSR count). The molecule has 0 bridgehead atoms. The first-order valence-corrected chi connectivity index (χ1v) is 5.29. The van der Waals surface area contributed by atoms with Crippen LogP contribution in [-0.4, -0.2) is 27.6 Å². The molecule has 20 heavy (non-hydrogen) atoms. The van der Waals surface area contributed by atoms with Crippen LogP contribution in [0, 0.1) is 0 Å². The van der Waals surface area contributed by atoms with Crippen molar-refractivity contribution in [3.63, 3.8) is 0 Å². The van der Waals surface area contributed by atoms with Crippen LogP contribution in [0.4, 0.5) is 13.2 Å². The zero-order valence-corrected chi connectivity index (χ0v) is 12.7. The average Bonchev–Trinajstić information content (AvgIpc) is 2.77. The number of hydrogen-bond acceptors (Lipinski definition) is 3. The normalized spacial score (nSPS) is 12.3. The highest BCUT2D eigenvalue weighted by molar-refractivity contribution is 14.0. The molecule has 0 radical (unpaired) electrons. The molecule has 0 aliphatic rings. The van der Waals surface area contributed by atoms with Crippen molar-refractivity contribution < 1.29 is 13.2 Å². The number of hydrogen-bond donors (Lipinski definition) is 2. The molecule has 0 amide bonds. The number of alkyl halides is 3. The van der Waals surface area contributed by atoms with Gasteiger partial charge in [0.05, 0.1) is 12.1 Å². The van der Waals surface area contributed by atoms with Crippen molar-refractivity contribution >= 4 is 35.6 Å². The molecule has 0 saturated carbocycles. The Bertz CT molecular complexity index is 621. The summed E-state index contributed by atoms with van der Waals surface area (Å²) in [5.41, 5.74) is 5.00. The van der Waals surface area contributed by atoms with Gasteiger partial charge in [-0.05, 0) is 12.1 Å². The zero-order valence-electron chi connectivity index (χ0n) is 10.3. The van der Waals surface area contributed by atoms with Crippen LogP contribution in [0.25, 0.3) is 5.65 Å². The van der Waals surface area contributed by atoms with E-state index in [1.807, 2.05) is 0 Å². The molecule has 110 valence electrons. The van der Waals surface area contributed by atoms with Crippen molar-refractivity contribution in [1.29, 1.82) is 0 Å². The minimum Gasteiger partial charge on any atom is -0.370 e. The first-order chi connectivity index (χ1) is 8.91. The van der Waals surface area contributed by atoms with E-state index in [-0.39, 0.29) is 36.5 Å². The molecule has 0 atom stereocenters. The lowest BCUT2D eigenvalue weighted by Crippen LogP contribution is -2.31. The van der Waals surface area contributed by atoms with E-state index in [2.05, 4.69) is 20.5 Å². The van der Waals surface area contributed by atoms with Crippen molar-refractivity contribution in [3.8, 4) is 0 Å². The Morgan fingerprint density at radius 1 is 1.40 bits per heavy atom. The van der Waals surface area contributed by atoms with Gasteiger partial charge in [0.15, 0.2) is 17.4 Å². The number of nitrogens with two attached hydrogens (primary N) is 1. The third-order valence-corrected chi connectivity index (χ3v) is 2.47. The van der Waals surface area contributed by atoms with Crippen molar-refractivity contribution in [2.45, 2.75) is 12.7 Å². The van der Waals surface area contributed by atoms with Gasteiger partial charge in [0.1, 0.15) is 0 Å². The van der Waals surface area contributed by atoms with Crippen LogP contribution in [0.3, 0.4) is 0 Å². The molecule has 10 heteroatoms. The van der Waals surface area contributed by atoms with Crippen molar-refractivity contribution in [2.75, 3.05) is 7.05 Å². The summed E-state index contributed by atoms with van der Waals surface area (Å²) >= 11 is 0. The standard InChI is InChI=1S/C10H11F3N6.HI/c1-15-9(14)16-4-8-18-17-7-3-2-6(5-19(7)8)10(11,12)13;/h2-3,5H,4H2,1H3,(H3,14,15,16);1H. The van der Waals surface area contributed by atoms with Crippen molar-refractivity contribution in [1.82, 2.24) is 19.9 Å². The minimum atomic E-state index is -4.41. The molecular formula is C10H12F3IN6. The van der Waals surface area contributed by atoms with E-state index in [0.29, 0.717) is 11.5 Å². The Balaban J connectivity index is 0.00000200. The third-order valence-electron chi connectivity index (χ3n) is 2.47. The van der Waals surface area contributed by atoms with E-state index < -0.39 is 11.7 Å². The summed E-state index contributed by atoms with van der Waals surface area (Å²) in [6.45, 7) is 0.131. The van der Waals surface area contributed by atoms with Crippen LogP contribution in [0.15, 0.2) is 23.3 Å². The van der Waals surface area contributed by atoms with Gasteiger partial charge in [-0.25, -0.2) is 0 Å². The van der Waals surface area contributed by atoms with E-state index in [1.165, 1.54) is 17.5 Å². The lowest BCUT2D eigenvalue weighted by Gasteiger charge is -2.08. The number of nitrogens with one attached hydrogen (secondary N) is 1. The fraction of sp³-hybridized carbons (Fsp3) is 0.300. The first kappa shape index (κ1) is 16.5. The predicted octanol–water partition coefficient (Wildman–Crippen LogP) is 1.40. The number of pyridine rings is 1. The molecule has 6 nitrogen and oxygen atoms in total. The summed E-state index contributed by atoms with van der Waals surface area (Å²) in [5, 5.41) is 10.3. The summed E-state index contributed by atoms with van der Waals surface area (Å²) in [5.74, 6) is 0.483. The van der Waals surface area contributed by atoms with E-state index in [1.54, 1.807) is 0 Å². The largest absolute Gasteiger partial charge is 0.417 e. The van der Waals surface area contributed by atoms with E-state index in [9.17, 15) is 13.2 Å². The Morgan fingerprint density at radius 2 is 2.10 bits per heavy atom. The van der Waals surface area contributed by atoms with Crippen LogP contribution < -0.4 is 11.1 Å². The van der Waals surface area contributed by atoms with Gasteiger partial charge in [0, 0.05) is 13.2 Å². The highest BCUT2D eigenvalue weighted by Crippen LogP contribution is 2.29. The molecule has 0 saturated heterocycles. The Morgan fingerprint density at radius 3 is 2.70 bits per heavy atom. The lowest BCUT2D eigenvalue weighted by atomic mass is 10.3. The Kier molecular flexibility index (Phi) is 5.14. The monoisotopic (exact) mass is 400 g/mol. The molecular weight excluding hydrogens is 388 g/mol. The zero-order chi connectivity index (χ0) is 14.0. The number of halogens is 4. The Hall–Kier alpha value is -1.59.